The summed E-state index contributed by atoms with van der Waals surface area (Å²) in [5.74, 6) is 1.82. The van der Waals surface area contributed by atoms with Crippen molar-refractivity contribution < 1.29 is 42.7 Å². The lowest BCUT2D eigenvalue weighted by Gasteiger charge is -2.26. The Morgan fingerprint density at radius 1 is 0.308 bits per heavy atom. The van der Waals surface area contributed by atoms with Gasteiger partial charge in [0, 0.05) is 55.6 Å². The Hall–Kier alpha value is -9.57. The average molecular weight is 1440 g/mol. The number of benzene rings is 6. The van der Waals surface area contributed by atoms with Crippen LogP contribution in [0.25, 0.3) is 90.9 Å². The number of amides is 1. The molecule has 3 aromatic heterocycles. The molecule has 0 unspecified atom stereocenters. The molecule has 0 radical (unpaired) electrons. The molecule has 14 nitrogen and oxygen atoms in total. The standard InChI is InChI=1S/C93H109N5O9/c1-88(2,3)64-49-61(50-65(56-64)89(4,5)6)84-73-30-28-71(95-73)83(59-23-26-70(27-24-59)94-87(99)60-25-36-81-82(55-60)107-48-44-103-40-39-101-42-46-105-80-22-20-19-21-79(80)104-45-41-100-37-38-102-43-47-106-81)72-29-31-74(96-72)85(62-51-66(90(7,8)9)57-67(52-62)91(10,11)12)76-33-35-78(98-76)86(77-34-32-75(84)97-77)63-53-68(92(13,14)15)58-69(54-63)93(16,17)18/h19-36,49-58,95,98H,37-48H2,1-18H3,(H,94,99). The van der Waals surface area contributed by atoms with Crippen molar-refractivity contribution in [1.29, 1.82) is 0 Å². The summed E-state index contributed by atoms with van der Waals surface area (Å²) in [5.41, 5.74) is 22.4. The first-order valence-corrected chi connectivity index (χ1v) is 37.9. The minimum Gasteiger partial charge on any atom is -0.487 e. The Morgan fingerprint density at radius 2 is 0.589 bits per heavy atom. The van der Waals surface area contributed by atoms with Crippen LogP contribution in [0.1, 0.15) is 191 Å². The van der Waals surface area contributed by atoms with E-state index < -0.39 is 0 Å². The van der Waals surface area contributed by atoms with Crippen molar-refractivity contribution in [2.24, 2.45) is 0 Å². The molecule has 0 saturated carbocycles. The maximum Gasteiger partial charge on any atom is 0.255 e. The highest BCUT2D eigenvalue weighted by Gasteiger charge is 2.29. The lowest BCUT2D eigenvalue weighted by Crippen LogP contribution is -2.16. The van der Waals surface area contributed by atoms with Gasteiger partial charge in [0.2, 0.25) is 0 Å². The fourth-order valence-corrected chi connectivity index (χ4v) is 13.3. The van der Waals surface area contributed by atoms with Crippen LogP contribution in [0.15, 0.2) is 146 Å². The predicted molar refractivity (Wildman–Crippen MR) is 439 cm³/mol. The molecule has 8 bridgehead atoms. The molecule has 0 atom stereocenters. The van der Waals surface area contributed by atoms with Gasteiger partial charge in [-0.3, -0.25) is 4.79 Å². The second-order valence-electron chi connectivity index (χ2n) is 34.4. The molecule has 12 rings (SSSR count). The Kier molecular flexibility index (Phi) is 22.8. The molecule has 9 aromatic rings. The van der Waals surface area contributed by atoms with Gasteiger partial charge in [-0.1, -0.05) is 203 Å². The molecule has 0 spiro atoms. The Bertz CT molecular complexity index is 4780. The van der Waals surface area contributed by atoms with Crippen molar-refractivity contribution in [3.63, 3.8) is 0 Å². The molecule has 1 amide bonds. The number of hydrogen-bond donors (Lipinski definition) is 3. The third kappa shape index (κ3) is 18.7. The maximum absolute atomic E-state index is 14.5. The van der Waals surface area contributed by atoms with Crippen LogP contribution in [-0.4, -0.2) is 105 Å². The summed E-state index contributed by atoms with van der Waals surface area (Å²) >= 11 is 0. The zero-order valence-electron chi connectivity index (χ0n) is 66.2. The molecule has 3 aliphatic heterocycles. The number of rotatable bonds is 6. The van der Waals surface area contributed by atoms with Crippen molar-refractivity contribution in [2.75, 3.05) is 84.6 Å². The summed E-state index contributed by atoms with van der Waals surface area (Å²) in [7, 11) is 0. The molecule has 3 N–H and O–H groups in total. The van der Waals surface area contributed by atoms with Gasteiger partial charge in [0.05, 0.1) is 75.6 Å². The molecule has 0 aliphatic carbocycles. The molecule has 0 fully saturated rings. The van der Waals surface area contributed by atoms with E-state index in [2.05, 4.69) is 255 Å². The van der Waals surface area contributed by atoms with E-state index in [4.69, 9.17) is 47.9 Å². The summed E-state index contributed by atoms with van der Waals surface area (Å²) in [6.45, 7) is 45.2. The predicted octanol–water partition coefficient (Wildman–Crippen LogP) is 21.7. The molecule has 3 aliphatic rings. The lowest BCUT2D eigenvalue weighted by molar-refractivity contribution is 0.0223. The number of hydrogen-bond acceptors (Lipinski definition) is 11. The number of H-pyrrole nitrogens is 2. The van der Waals surface area contributed by atoms with Crippen molar-refractivity contribution in [2.45, 2.75) is 157 Å². The molecule has 6 heterocycles. The number of aromatic amines is 2. The SMILES string of the molecule is CC(C)(C)c1cc(-c2c3nc(c(-c4cc(C(C)(C)C)cc(C(C)(C)C)c4)c4ccc([nH]4)c(-c4cc(C(C)(C)C)cc(C(C)(C)C)c4)c4nc(c(-c5ccc(NC(=O)c6ccc7c(c6)OCCOCCOCCOc6ccccc6OCCOCCOCCO7)cc5)c5ccc2[nH]5)C=C4)C=C3)cc(C(C)(C)C)c1. The van der Waals surface area contributed by atoms with Crippen LogP contribution < -0.4 is 24.3 Å². The van der Waals surface area contributed by atoms with Crippen LogP contribution in [0.3, 0.4) is 0 Å². The van der Waals surface area contributed by atoms with Crippen LogP contribution >= 0.6 is 0 Å². The average Bonchev–Trinajstić information content (AvgIpc) is 1.64. The summed E-state index contributed by atoms with van der Waals surface area (Å²) < 4.78 is 47.7. The second kappa shape index (κ2) is 31.7. The smallest absolute Gasteiger partial charge is 0.255 e. The van der Waals surface area contributed by atoms with E-state index in [-0.39, 0.29) is 58.2 Å². The van der Waals surface area contributed by atoms with E-state index in [9.17, 15) is 4.79 Å². The fourth-order valence-electron chi connectivity index (χ4n) is 13.3. The van der Waals surface area contributed by atoms with Crippen LogP contribution in [0, 0.1) is 0 Å². The molecular formula is C93H109N5O9. The van der Waals surface area contributed by atoms with E-state index in [0.717, 1.165) is 89.4 Å². The fraction of sp³-hybridized carbons (Fsp3) is 0.387. The maximum atomic E-state index is 14.5. The number of nitrogens with one attached hydrogen (secondary N) is 3. The van der Waals surface area contributed by atoms with Gasteiger partial charge in [-0.2, -0.15) is 0 Å². The normalized spacial score (nSPS) is 15.0. The van der Waals surface area contributed by atoms with Gasteiger partial charge in [-0.15, -0.1) is 0 Å². The third-order valence-corrected chi connectivity index (χ3v) is 19.8. The van der Waals surface area contributed by atoms with Crippen LogP contribution in [0.5, 0.6) is 23.0 Å². The summed E-state index contributed by atoms with van der Waals surface area (Å²) in [4.78, 5) is 34.3. The zero-order valence-corrected chi connectivity index (χ0v) is 66.2. The van der Waals surface area contributed by atoms with Crippen molar-refractivity contribution >= 4 is 58.0 Å². The number of ether oxygens (including phenoxy) is 8. The minimum absolute atomic E-state index is 0.144. The Labute approximate surface area is 633 Å². The van der Waals surface area contributed by atoms with E-state index in [1.165, 1.54) is 33.4 Å². The highest BCUT2D eigenvalue weighted by molar-refractivity contribution is 6.05. The number of carbonyl (C=O) groups is 1. The van der Waals surface area contributed by atoms with Gasteiger partial charge in [0.1, 0.15) is 26.4 Å². The van der Waals surface area contributed by atoms with Crippen molar-refractivity contribution in [1.82, 2.24) is 19.9 Å². The van der Waals surface area contributed by atoms with E-state index in [1.807, 2.05) is 36.4 Å². The third-order valence-electron chi connectivity index (χ3n) is 19.8. The topological polar surface area (TPSA) is 160 Å². The number of anilines is 1. The Balaban J connectivity index is 0.978. The number of nitrogens with zero attached hydrogens (tertiary/aromatic N) is 2. The number of fused-ring (bicyclic) bond motifs is 10. The summed E-state index contributed by atoms with van der Waals surface area (Å²) in [6.07, 6.45) is 8.73. The summed E-state index contributed by atoms with van der Waals surface area (Å²) in [6, 6.07) is 50.9. The van der Waals surface area contributed by atoms with Crippen LogP contribution in [-0.2, 0) is 51.4 Å². The van der Waals surface area contributed by atoms with Crippen molar-refractivity contribution in [3.05, 3.63) is 207 Å². The van der Waals surface area contributed by atoms with E-state index in [1.54, 1.807) is 18.2 Å². The molecular weight excluding hydrogens is 1330 g/mol. The lowest BCUT2D eigenvalue weighted by atomic mass is 9.78. The Morgan fingerprint density at radius 3 is 0.897 bits per heavy atom. The highest BCUT2D eigenvalue weighted by Crippen LogP contribution is 2.45. The second-order valence-corrected chi connectivity index (χ2v) is 34.4. The zero-order chi connectivity index (χ0) is 76.2. The van der Waals surface area contributed by atoms with Crippen LogP contribution in [0.4, 0.5) is 5.69 Å². The van der Waals surface area contributed by atoms with Gasteiger partial charge in [-0.05, 0) is 179 Å². The molecule has 107 heavy (non-hydrogen) atoms. The van der Waals surface area contributed by atoms with Gasteiger partial charge >= 0.3 is 0 Å². The van der Waals surface area contributed by atoms with E-state index in [0.29, 0.717) is 93.7 Å². The minimum atomic E-state index is -0.326. The highest BCUT2D eigenvalue weighted by atomic mass is 16.6. The van der Waals surface area contributed by atoms with Gasteiger partial charge < -0.3 is 53.2 Å². The molecule has 560 valence electrons. The first-order valence-electron chi connectivity index (χ1n) is 37.9. The molecule has 14 heteroatoms. The monoisotopic (exact) mass is 1440 g/mol. The van der Waals surface area contributed by atoms with Gasteiger partial charge in [0.25, 0.3) is 5.91 Å². The first-order chi connectivity index (χ1) is 50.7. The van der Waals surface area contributed by atoms with Crippen molar-refractivity contribution in [3.8, 4) is 67.5 Å². The quantitative estimate of drug-likeness (QED) is 0.145. The molecule has 6 aromatic carbocycles. The number of carbonyl (C=O) groups excluding carboxylic acids is 1. The number of para-hydroxylation sites is 2. The van der Waals surface area contributed by atoms with Gasteiger partial charge in [0.15, 0.2) is 23.0 Å². The van der Waals surface area contributed by atoms with Gasteiger partial charge in [-0.25, -0.2) is 9.97 Å². The van der Waals surface area contributed by atoms with E-state index >= 15 is 0 Å². The summed E-state index contributed by atoms with van der Waals surface area (Å²) in [5, 5.41) is 3.18. The van der Waals surface area contributed by atoms with Crippen LogP contribution in [0.2, 0.25) is 0 Å². The first kappa shape index (κ1) is 77.1. The largest absolute Gasteiger partial charge is 0.487 e. The number of aromatic nitrogens is 4. The molecule has 0 saturated heterocycles.